The number of amides is 2. The lowest BCUT2D eigenvalue weighted by Crippen LogP contribution is -2.47. The summed E-state index contributed by atoms with van der Waals surface area (Å²) in [5.74, 6) is -5.31. The van der Waals surface area contributed by atoms with Crippen LogP contribution in [-0.4, -0.2) is 41.4 Å². The molecule has 0 aromatic carbocycles. The molecule has 0 aliphatic heterocycles. The second-order valence-corrected chi connectivity index (χ2v) is 6.44. The minimum absolute atomic E-state index is 0.0888. The third kappa shape index (κ3) is 6.92. The van der Waals surface area contributed by atoms with Crippen LogP contribution in [0.5, 0.6) is 0 Å². The Hall–Kier alpha value is -1.73. The molecule has 1 aliphatic rings. The number of rotatable bonds is 7. The molecule has 1 rings (SSSR count). The maximum atomic E-state index is 13.0. The highest BCUT2D eigenvalue weighted by Gasteiger charge is 2.37. The van der Waals surface area contributed by atoms with Gasteiger partial charge in [0.2, 0.25) is 17.7 Å². The van der Waals surface area contributed by atoms with Crippen molar-refractivity contribution in [3.05, 3.63) is 0 Å². The van der Waals surface area contributed by atoms with Crippen LogP contribution < -0.4 is 10.6 Å². The predicted molar refractivity (Wildman–Crippen MR) is 78.9 cm³/mol. The van der Waals surface area contributed by atoms with Crippen LogP contribution in [0.4, 0.5) is 8.78 Å². The highest BCUT2D eigenvalue weighted by molar-refractivity contribution is 5.88. The second kappa shape index (κ2) is 8.21. The fourth-order valence-corrected chi connectivity index (χ4v) is 2.55. The Morgan fingerprint density at radius 3 is 2.26 bits per heavy atom. The standard InChI is InChI=1S/C15H24F2N2O4/c1-9(2)7-11(14(22)23)19-12(20)8-18-13(21)10-3-5-15(16,17)6-4-10/h9-11H,3-8H2,1-2H3,(H,18,21)(H,19,20)(H,22,23)/t11-/m0/s1. The number of aliphatic carboxylic acids is 1. The van der Waals surface area contributed by atoms with Crippen LogP contribution in [0.3, 0.4) is 0 Å². The minimum atomic E-state index is -2.71. The average Bonchev–Trinajstić information content (AvgIpc) is 2.43. The fraction of sp³-hybridized carbons (Fsp3) is 0.800. The Morgan fingerprint density at radius 1 is 1.22 bits per heavy atom. The maximum Gasteiger partial charge on any atom is 0.326 e. The maximum absolute atomic E-state index is 13.0. The molecule has 1 fully saturated rings. The number of alkyl halides is 2. The van der Waals surface area contributed by atoms with Gasteiger partial charge in [0.15, 0.2) is 0 Å². The molecule has 0 heterocycles. The van der Waals surface area contributed by atoms with E-state index in [4.69, 9.17) is 5.11 Å². The van der Waals surface area contributed by atoms with Gasteiger partial charge < -0.3 is 15.7 Å². The number of halogens is 2. The average molecular weight is 334 g/mol. The van der Waals surface area contributed by atoms with Crippen molar-refractivity contribution in [2.75, 3.05) is 6.54 Å². The molecule has 0 saturated heterocycles. The first-order valence-corrected chi connectivity index (χ1v) is 7.78. The number of hydrogen-bond donors (Lipinski definition) is 3. The van der Waals surface area contributed by atoms with Gasteiger partial charge in [-0.25, -0.2) is 13.6 Å². The van der Waals surface area contributed by atoms with E-state index in [2.05, 4.69) is 10.6 Å². The summed E-state index contributed by atoms with van der Waals surface area (Å²) in [6, 6.07) is -1.01. The molecule has 0 spiro atoms. The molecule has 0 aromatic rings. The van der Waals surface area contributed by atoms with Crippen molar-refractivity contribution in [1.82, 2.24) is 10.6 Å². The van der Waals surface area contributed by atoms with Crippen LogP contribution in [0.25, 0.3) is 0 Å². The topological polar surface area (TPSA) is 95.5 Å². The number of carbonyl (C=O) groups excluding carboxylic acids is 2. The first kappa shape index (κ1) is 19.3. The van der Waals surface area contributed by atoms with E-state index in [1.54, 1.807) is 0 Å². The number of carbonyl (C=O) groups is 3. The van der Waals surface area contributed by atoms with E-state index in [0.29, 0.717) is 0 Å². The zero-order valence-electron chi connectivity index (χ0n) is 13.4. The molecule has 0 radical (unpaired) electrons. The number of hydrogen-bond acceptors (Lipinski definition) is 3. The van der Waals surface area contributed by atoms with Gasteiger partial charge in [-0.2, -0.15) is 0 Å². The van der Waals surface area contributed by atoms with Gasteiger partial charge in [-0.15, -0.1) is 0 Å². The van der Waals surface area contributed by atoms with Crippen LogP contribution in [0, 0.1) is 11.8 Å². The molecule has 0 aromatic heterocycles. The quantitative estimate of drug-likeness (QED) is 0.658. The van der Waals surface area contributed by atoms with E-state index in [0.717, 1.165) is 0 Å². The fourth-order valence-electron chi connectivity index (χ4n) is 2.55. The largest absolute Gasteiger partial charge is 0.480 e. The zero-order valence-corrected chi connectivity index (χ0v) is 13.4. The monoisotopic (exact) mass is 334 g/mol. The SMILES string of the molecule is CC(C)C[C@H](NC(=O)CNC(=O)C1CCC(F)(F)CC1)C(=O)O. The Labute approximate surface area is 134 Å². The lowest BCUT2D eigenvalue weighted by molar-refractivity contribution is -0.142. The molecule has 1 aliphatic carbocycles. The molecule has 23 heavy (non-hydrogen) atoms. The molecule has 132 valence electrons. The molecule has 8 heteroatoms. The van der Waals surface area contributed by atoms with E-state index < -0.39 is 35.7 Å². The summed E-state index contributed by atoms with van der Waals surface area (Å²) in [6.07, 6.45) is -0.191. The van der Waals surface area contributed by atoms with E-state index in [-0.39, 0.29) is 44.6 Å². The highest BCUT2D eigenvalue weighted by Crippen LogP contribution is 2.36. The van der Waals surface area contributed by atoms with Crippen molar-refractivity contribution in [2.45, 2.75) is 57.9 Å². The smallest absolute Gasteiger partial charge is 0.326 e. The number of carboxylic acids is 1. The van der Waals surface area contributed by atoms with Gasteiger partial charge in [-0.1, -0.05) is 13.8 Å². The molecule has 6 nitrogen and oxygen atoms in total. The van der Waals surface area contributed by atoms with E-state index in [9.17, 15) is 23.2 Å². The lowest BCUT2D eigenvalue weighted by Gasteiger charge is -2.27. The first-order chi connectivity index (χ1) is 10.6. The Morgan fingerprint density at radius 2 is 1.78 bits per heavy atom. The second-order valence-electron chi connectivity index (χ2n) is 6.44. The molecule has 0 bridgehead atoms. The number of nitrogens with one attached hydrogen (secondary N) is 2. The van der Waals surface area contributed by atoms with Crippen molar-refractivity contribution >= 4 is 17.8 Å². The third-order valence-electron chi connectivity index (χ3n) is 3.85. The van der Waals surface area contributed by atoms with E-state index >= 15 is 0 Å². The lowest BCUT2D eigenvalue weighted by atomic mass is 9.86. The summed E-state index contributed by atoms with van der Waals surface area (Å²) in [5.41, 5.74) is 0. The van der Waals surface area contributed by atoms with Crippen molar-refractivity contribution < 1.29 is 28.3 Å². The van der Waals surface area contributed by atoms with Crippen molar-refractivity contribution in [1.29, 1.82) is 0 Å². The zero-order chi connectivity index (χ0) is 17.6. The van der Waals surface area contributed by atoms with Crippen molar-refractivity contribution in [3.63, 3.8) is 0 Å². The van der Waals surface area contributed by atoms with Gasteiger partial charge in [0.05, 0.1) is 6.54 Å². The van der Waals surface area contributed by atoms with Gasteiger partial charge in [-0.05, 0) is 25.2 Å². The summed E-state index contributed by atoms with van der Waals surface area (Å²) in [7, 11) is 0. The highest BCUT2D eigenvalue weighted by atomic mass is 19.3. The van der Waals surface area contributed by atoms with E-state index in [1.807, 2.05) is 13.8 Å². The van der Waals surface area contributed by atoms with Crippen LogP contribution in [0.1, 0.15) is 46.0 Å². The van der Waals surface area contributed by atoms with Gasteiger partial charge in [0, 0.05) is 18.8 Å². The molecule has 1 atom stereocenters. The van der Waals surface area contributed by atoms with Gasteiger partial charge in [0.1, 0.15) is 6.04 Å². The summed E-state index contributed by atoms with van der Waals surface area (Å²) in [4.78, 5) is 34.6. The molecular formula is C15H24F2N2O4. The summed E-state index contributed by atoms with van der Waals surface area (Å²) < 4.78 is 26.1. The normalized spacial score (nSPS) is 19.2. The third-order valence-corrected chi connectivity index (χ3v) is 3.85. The molecule has 3 N–H and O–H groups in total. The Bertz CT molecular complexity index is 445. The van der Waals surface area contributed by atoms with Gasteiger partial charge >= 0.3 is 5.97 Å². The molecule has 2 amide bonds. The summed E-state index contributed by atoms with van der Waals surface area (Å²) in [5, 5.41) is 13.8. The van der Waals surface area contributed by atoms with Crippen molar-refractivity contribution in [3.8, 4) is 0 Å². The molecular weight excluding hydrogens is 310 g/mol. The molecule has 1 saturated carbocycles. The first-order valence-electron chi connectivity index (χ1n) is 7.78. The van der Waals surface area contributed by atoms with Gasteiger partial charge in [-0.3, -0.25) is 9.59 Å². The van der Waals surface area contributed by atoms with Crippen LogP contribution in [0.15, 0.2) is 0 Å². The van der Waals surface area contributed by atoms with Gasteiger partial charge in [0.25, 0.3) is 0 Å². The Kier molecular flexibility index (Phi) is 6.90. The minimum Gasteiger partial charge on any atom is -0.480 e. The number of carboxylic acid groups (broad SMARTS) is 1. The van der Waals surface area contributed by atoms with Crippen LogP contribution >= 0.6 is 0 Å². The van der Waals surface area contributed by atoms with E-state index in [1.165, 1.54) is 0 Å². The Balaban J connectivity index is 2.37. The molecule has 0 unspecified atom stereocenters. The summed E-state index contributed by atoms with van der Waals surface area (Å²) in [6.45, 7) is 3.32. The predicted octanol–water partition coefficient (Wildman–Crippen LogP) is 1.54. The van der Waals surface area contributed by atoms with Crippen LogP contribution in [-0.2, 0) is 14.4 Å². The van der Waals surface area contributed by atoms with Crippen LogP contribution in [0.2, 0.25) is 0 Å². The summed E-state index contributed by atoms with van der Waals surface area (Å²) >= 11 is 0. The van der Waals surface area contributed by atoms with Crippen molar-refractivity contribution in [2.24, 2.45) is 11.8 Å².